The summed E-state index contributed by atoms with van der Waals surface area (Å²) in [5.41, 5.74) is 3.16. The molecule has 0 saturated carbocycles. The molecule has 0 spiro atoms. The average molecular weight is 469 g/mol. The summed E-state index contributed by atoms with van der Waals surface area (Å²) < 4.78 is 21.7. The van der Waals surface area contributed by atoms with Crippen molar-refractivity contribution < 1.29 is 19.0 Å². The number of fused-ring (bicyclic) bond motifs is 3. The number of aryl methyl sites for hydroxylation is 1. The summed E-state index contributed by atoms with van der Waals surface area (Å²) in [6.45, 7) is 5.88. The Morgan fingerprint density at radius 3 is 2.67 bits per heavy atom. The highest BCUT2D eigenvalue weighted by molar-refractivity contribution is 7.17. The molecule has 0 radical (unpaired) electrons. The predicted molar refractivity (Wildman–Crippen MR) is 130 cm³/mol. The molecule has 0 aliphatic rings. The molecule has 3 N–H and O–H groups in total. The van der Waals surface area contributed by atoms with E-state index >= 15 is 4.39 Å². The van der Waals surface area contributed by atoms with Crippen LogP contribution in [0.1, 0.15) is 30.9 Å². The number of hydrogen-bond acceptors (Lipinski definition) is 4. The Hall–Kier alpha value is -3.39. The van der Waals surface area contributed by atoms with Gasteiger partial charge in [0.15, 0.2) is 0 Å². The monoisotopic (exact) mass is 468 g/mol. The molecule has 0 aliphatic heterocycles. The van der Waals surface area contributed by atoms with Crippen molar-refractivity contribution in [3.63, 3.8) is 0 Å². The first kappa shape index (κ1) is 22.8. The van der Waals surface area contributed by atoms with Crippen LogP contribution in [0.25, 0.3) is 32.1 Å². The lowest BCUT2D eigenvalue weighted by atomic mass is 9.86. The molecular weight excluding hydrogens is 443 g/mol. The quantitative estimate of drug-likeness (QED) is 0.330. The molecule has 4 rings (SSSR count). The second-order valence-corrected chi connectivity index (χ2v) is 9.33. The molecule has 0 saturated heterocycles. The Balaban J connectivity index is 1.95. The number of carboxylic acid groups (broad SMARTS) is 1. The third kappa shape index (κ3) is 4.06. The van der Waals surface area contributed by atoms with Crippen molar-refractivity contribution in [2.45, 2.75) is 26.7 Å². The largest absolute Gasteiger partial charge is 0.496 e. The maximum absolute atomic E-state index is 15.4. The summed E-state index contributed by atoms with van der Waals surface area (Å²) in [6, 6.07) is 8.73. The van der Waals surface area contributed by atoms with E-state index in [0.717, 1.165) is 16.3 Å². The van der Waals surface area contributed by atoms with Crippen LogP contribution in [0.4, 0.5) is 9.18 Å². The number of ether oxygens (including phenoxy) is 1. The molecule has 0 fully saturated rings. The Labute approximate surface area is 194 Å². The van der Waals surface area contributed by atoms with Crippen molar-refractivity contribution in [3.8, 4) is 16.9 Å². The lowest BCUT2D eigenvalue weighted by Crippen LogP contribution is -2.29. The van der Waals surface area contributed by atoms with Gasteiger partial charge < -0.3 is 20.1 Å². The number of H-pyrrole nitrogens is 1. The van der Waals surface area contributed by atoms with Crippen LogP contribution < -0.4 is 15.6 Å². The van der Waals surface area contributed by atoms with E-state index in [0.29, 0.717) is 32.7 Å². The second-order valence-electron chi connectivity index (χ2n) is 8.41. The summed E-state index contributed by atoms with van der Waals surface area (Å²) in [5.74, 6) is -0.117. The van der Waals surface area contributed by atoms with Crippen LogP contribution in [-0.4, -0.2) is 29.8 Å². The van der Waals surface area contributed by atoms with Gasteiger partial charge in [-0.25, -0.2) is 9.18 Å². The van der Waals surface area contributed by atoms with Crippen LogP contribution in [0.15, 0.2) is 40.5 Å². The highest BCUT2D eigenvalue weighted by atomic mass is 32.1. The highest BCUT2D eigenvalue weighted by Crippen LogP contribution is 2.42. The van der Waals surface area contributed by atoms with E-state index in [-0.39, 0.29) is 23.9 Å². The number of thiophene rings is 1. The van der Waals surface area contributed by atoms with Crippen LogP contribution in [0.5, 0.6) is 5.75 Å². The normalized spacial score (nSPS) is 12.4. The van der Waals surface area contributed by atoms with Crippen LogP contribution in [0, 0.1) is 18.7 Å². The molecule has 4 aromatic rings. The third-order valence-corrected chi connectivity index (χ3v) is 6.97. The molecular formula is C25H25FN2O4S. The van der Waals surface area contributed by atoms with E-state index in [1.165, 1.54) is 17.4 Å². The number of carbonyl (C=O) groups is 1. The van der Waals surface area contributed by atoms with Crippen molar-refractivity contribution in [2.24, 2.45) is 5.92 Å². The van der Waals surface area contributed by atoms with Gasteiger partial charge in [0.25, 0.3) is 5.56 Å². The summed E-state index contributed by atoms with van der Waals surface area (Å²) in [6.07, 6.45) is -1.14. The lowest BCUT2D eigenvalue weighted by Gasteiger charge is -2.22. The highest BCUT2D eigenvalue weighted by Gasteiger charge is 2.23. The standard InChI is InChI=1S/C25H25FN2O4S/c1-12(2)17(11-27-25(30)31)15-6-5-14(10-18(15)26)20-19(32-4)9-13(3)22-21(20)16-7-8-33-23(16)24(29)28-22/h5-10,12,17,27H,11H2,1-4H3,(H,28,29)(H,30,31). The van der Waals surface area contributed by atoms with Gasteiger partial charge in [-0.15, -0.1) is 11.3 Å². The molecule has 1 unspecified atom stereocenters. The molecule has 8 heteroatoms. The minimum Gasteiger partial charge on any atom is -0.496 e. The molecule has 0 bridgehead atoms. The molecule has 172 valence electrons. The van der Waals surface area contributed by atoms with Gasteiger partial charge in [-0.1, -0.05) is 26.0 Å². The Morgan fingerprint density at radius 1 is 1.27 bits per heavy atom. The van der Waals surface area contributed by atoms with Gasteiger partial charge in [-0.05, 0) is 53.1 Å². The number of halogens is 1. The summed E-state index contributed by atoms with van der Waals surface area (Å²) in [5, 5.41) is 14.8. The summed E-state index contributed by atoms with van der Waals surface area (Å²) in [4.78, 5) is 26.5. The molecule has 2 heterocycles. The van der Waals surface area contributed by atoms with Crippen molar-refractivity contribution >= 4 is 38.4 Å². The fourth-order valence-electron chi connectivity index (χ4n) is 4.40. The predicted octanol–water partition coefficient (Wildman–Crippen LogP) is 5.87. The van der Waals surface area contributed by atoms with E-state index in [1.807, 2.05) is 44.4 Å². The maximum Gasteiger partial charge on any atom is 0.404 e. The number of aromatic nitrogens is 1. The molecule has 2 aromatic heterocycles. The van der Waals surface area contributed by atoms with E-state index in [2.05, 4.69) is 10.3 Å². The summed E-state index contributed by atoms with van der Waals surface area (Å²) >= 11 is 1.36. The Kier molecular flexibility index (Phi) is 6.12. The molecule has 0 aliphatic carbocycles. The third-order valence-electron chi connectivity index (χ3n) is 6.05. The van der Waals surface area contributed by atoms with Gasteiger partial charge in [0.2, 0.25) is 0 Å². The van der Waals surface area contributed by atoms with Crippen molar-refractivity contribution in [1.82, 2.24) is 10.3 Å². The van der Waals surface area contributed by atoms with Gasteiger partial charge in [0.1, 0.15) is 16.3 Å². The maximum atomic E-state index is 15.4. The number of aromatic amines is 1. The number of hydrogen-bond donors (Lipinski definition) is 3. The Bertz CT molecular complexity index is 1420. The first-order valence-electron chi connectivity index (χ1n) is 10.6. The van der Waals surface area contributed by atoms with Crippen molar-refractivity contribution in [1.29, 1.82) is 0 Å². The van der Waals surface area contributed by atoms with Crippen molar-refractivity contribution in [2.75, 3.05) is 13.7 Å². The zero-order chi connectivity index (χ0) is 23.9. The molecule has 2 aromatic carbocycles. The van der Waals surface area contributed by atoms with Gasteiger partial charge in [0.05, 0.1) is 12.6 Å². The van der Waals surface area contributed by atoms with Crippen LogP contribution in [-0.2, 0) is 0 Å². The number of methoxy groups -OCH3 is 1. The molecule has 1 amide bonds. The zero-order valence-electron chi connectivity index (χ0n) is 18.8. The van der Waals surface area contributed by atoms with E-state index in [1.54, 1.807) is 13.2 Å². The van der Waals surface area contributed by atoms with Gasteiger partial charge >= 0.3 is 6.09 Å². The molecule has 6 nitrogen and oxygen atoms in total. The molecule has 1 atom stereocenters. The first-order valence-corrected chi connectivity index (χ1v) is 11.5. The first-order chi connectivity index (χ1) is 15.7. The summed E-state index contributed by atoms with van der Waals surface area (Å²) in [7, 11) is 1.57. The lowest BCUT2D eigenvalue weighted by molar-refractivity contribution is 0.192. The number of pyridine rings is 1. The minimum atomic E-state index is -1.14. The van der Waals surface area contributed by atoms with Crippen molar-refractivity contribution in [3.05, 3.63) is 63.0 Å². The van der Waals surface area contributed by atoms with E-state index in [9.17, 15) is 9.59 Å². The SMILES string of the molecule is COc1cc(C)c2[nH]c(=O)c3sccc3c2c1-c1ccc(C(CNC(=O)O)C(C)C)c(F)c1. The van der Waals surface area contributed by atoms with Gasteiger partial charge in [0, 0.05) is 28.8 Å². The zero-order valence-corrected chi connectivity index (χ0v) is 19.6. The van der Waals surface area contributed by atoms with Crippen LogP contribution in [0.2, 0.25) is 0 Å². The number of nitrogens with one attached hydrogen (secondary N) is 2. The number of benzene rings is 2. The van der Waals surface area contributed by atoms with E-state index < -0.39 is 11.9 Å². The van der Waals surface area contributed by atoms with Crippen LogP contribution >= 0.6 is 11.3 Å². The Morgan fingerprint density at radius 2 is 2.03 bits per heavy atom. The van der Waals surface area contributed by atoms with Crippen LogP contribution in [0.3, 0.4) is 0 Å². The fourth-order valence-corrected chi connectivity index (χ4v) is 5.20. The topological polar surface area (TPSA) is 91.4 Å². The molecule has 33 heavy (non-hydrogen) atoms. The van der Waals surface area contributed by atoms with Gasteiger partial charge in [-0.2, -0.15) is 0 Å². The minimum absolute atomic E-state index is 0.0300. The fraction of sp³-hybridized carbons (Fsp3) is 0.280. The number of amides is 1. The van der Waals surface area contributed by atoms with Gasteiger partial charge in [-0.3, -0.25) is 4.79 Å². The number of rotatable bonds is 6. The smallest absolute Gasteiger partial charge is 0.404 e. The average Bonchev–Trinajstić information content (AvgIpc) is 3.25. The van der Waals surface area contributed by atoms with E-state index in [4.69, 9.17) is 9.84 Å². The second kappa shape index (κ2) is 8.86.